The number of amides is 1. The Morgan fingerprint density at radius 2 is 1.83 bits per heavy atom. The number of aryl methyl sites for hydroxylation is 2. The van der Waals surface area contributed by atoms with E-state index in [2.05, 4.69) is 46.9 Å². The molecular weight excluding hydrogens is 398 g/mol. The Kier molecular flexibility index (Phi) is 6.28. The highest BCUT2D eigenvalue weighted by Crippen LogP contribution is 2.33. The molecular formula is C23H25N3O3S. The van der Waals surface area contributed by atoms with Crippen molar-refractivity contribution in [1.82, 2.24) is 9.55 Å². The molecule has 0 aliphatic carbocycles. The summed E-state index contributed by atoms with van der Waals surface area (Å²) in [6.07, 6.45) is 5.63. The Bertz CT molecular complexity index is 1030. The fraction of sp³-hybridized carbons (Fsp3) is 0.304. The molecule has 2 aromatic carbocycles. The van der Waals surface area contributed by atoms with Crippen LogP contribution < -0.4 is 14.8 Å². The molecule has 0 fully saturated rings. The second-order valence-corrected chi connectivity index (χ2v) is 7.85. The van der Waals surface area contributed by atoms with E-state index in [-0.39, 0.29) is 11.7 Å². The number of anilines is 1. The second kappa shape index (κ2) is 9.26. The summed E-state index contributed by atoms with van der Waals surface area (Å²) in [6.45, 7) is 5.37. The van der Waals surface area contributed by atoms with Gasteiger partial charge in [0.15, 0.2) is 16.7 Å². The number of hydrogen-bond donors (Lipinski definition) is 1. The van der Waals surface area contributed by atoms with Gasteiger partial charge in [0.05, 0.1) is 11.4 Å². The lowest BCUT2D eigenvalue weighted by Crippen LogP contribution is -2.17. The van der Waals surface area contributed by atoms with Crippen molar-refractivity contribution in [2.75, 3.05) is 24.3 Å². The van der Waals surface area contributed by atoms with Gasteiger partial charge in [-0.25, -0.2) is 4.98 Å². The number of fused-ring (bicyclic) bond motifs is 1. The van der Waals surface area contributed by atoms with E-state index < -0.39 is 0 Å². The first-order valence-electron chi connectivity index (χ1n) is 10.2. The first-order valence-corrected chi connectivity index (χ1v) is 11.1. The normalized spacial score (nSPS) is 12.6. The van der Waals surface area contributed by atoms with Gasteiger partial charge >= 0.3 is 0 Å². The number of para-hydroxylation sites is 1. The van der Waals surface area contributed by atoms with Crippen LogP contribution in [0, 0.1) is 0 Å². The van der Waals surface area contributed by atoms with Crippen molar-refractivity contribution in [1.29, 1.82) is 0 Å². The molecule has 0 bridgehead atoms. The molecule has 0 saturated heterocycles. The van der Waals surface area contributed by atoms with E-state index in [1.807, 2.05) is 18.3 Å². The van der Waals surface area contributed by atoms with E-state index >= 15 is 0 Å². The summed E-state index contributed by atoms with van der Waals surface area (Å²) < 4.78 is 13.2. The maximum absolute atomic E-state index is 12.5. The summed E-state index contributed by atoms with van der Waals surface area (Å²) >= 11 is 1.43. The number of nitrogens with one attached hydrogen (secondary N) is 1. The fourth-order valence-electron chi connectivity index (χ4n) is 3.54. The minimum Gasteiger partial charge on any atom is -0.486 e. The van der Waals surface area contributed by atoms with E-state index in [1.165, 1.54) is 28.6 Å². The van der Waals surface area contributed by atoms with E-state index in [0.717, 1.165) is 18.0 Å². The highest BCUT2D eigenvalue weighted by molar-refractivity contribution is 7.99. The first kappa shape index (κ1) is 20.3. The van der Waals surface area contributed by atoms with Gasteiger partial charge in [-0.1, -0.05) is 43.8 Å². The summed E-state index contributed by atoms with van der Waals surface area (Å²) in [7, 11) is 0. The van der Waals surface area contributed by atoms with Gasteiger partial charge in [-0.2, -0.15) is 0 Å². The van der Waals surface area contributed by atoms with Crippen molar-refractivity contribution in [3.63, 3.8) is 0 Å². The molecule has 0 atom stereocenters. The Labute approximate surface area is 180 Å². The molecule has 156 valence electrons. The molecule has 1 aliphatic heterocycles. The van der Waals surface area contributed by atoms with Crippen molar-refractivity contribution in [2.45, 2.75) is 31.8 Å². The number of aromatic nitrogens is 2. The largest absolute Gasteiger partial charge is 0.486 e. The lowest BCUT2D eigenvalue weighted by atomic mass is 10.0. The fourth-order valence-corrected chi connectivity index (χ4v) is 4.30. The van der Waals surface area contributed by atoms with Crippen LogP contribution in [0.5, 0.6) is 11.5 Å². The minimum atomic E-state index is -0.0919. The number of hydrogen-bond acceptors (Lipinski definition) is 5. The summed E-state index contributed by atoms with van der Waals surface area (Å²) in [4.78, 5) is 17.0. The Morgan fingerprint density at radius 3 is 2.57 bits per heavy atom. The monoisotopic (exact) mass is 423 g/mol. The van der Waals surface area contributed by atoms with Gasteiger partial charge in [0.2, 0.25) is 5.91 Å². The number of rotatable bonds is 7. The smallest absolute Gasteiger partial charge is 0.234 e. The molecule has 4 rings (SSSR count). The van der Waals surface area contributed by atoms with Crippen LogP contribution in [-0.2, 0) is 17.6 Å². The average molecular weight is 424 g/mol. The number of thioether (sulfide) groups is 1. The molecule has 0 spiro atoms. The van der Waals surface area contributed by atoms with Gasteiger partial charge in [0.1, 0.15) is 13.2 Å². The quantitative estimate of drug-likeness (QED) is 0.567. The molecule has 0 saturated carbocycles. The van der Waals surface area contributed by atoms with Crippen LogP contribution in [0.15, 0.2) is 53.9 Å². The Hall–Kier alpha value is -2.93. The second-order valence-electron chi connectivity index (χ2n) is 6.91. The third-order valence-corrected chi connectivity index (χ3v) is 5.94. The number of imidazole rings is 1. The number of benzene rings is 2. The van der Waals surface area contributed by atoms with E-state index in [4.69, 9.17) is 9.47 Å². The maximum Gasteiger partial charge on any atom is 0.234 e. The van der Waals surface area contributed by atoms with E-state index in [0.29, 0.717) is 30.4 Å². The maximum atomic E-state index is 12.5. The molecule has 30 heavy (non-hydrogen) atoms. The average Bonchev–Trinajstić information content (AvgIpc) is 3.25. The highest BCUT2D eigenvalue weighted by Gasteiger charge is 2.16. The lowest BCUT2D eigenvalue weighted by molar-refractivity contribution is -0.113. The van der Waals surface area contributed by atoms with Crippen molar-refractivity contribution in [3.05, 3.63) is 59.9 Å². The van der Waals surface area contributed by atoms with Gasteiger partial charge in [0, 0.05) is 24.1 Å². The molecule has 1 N–H and O–H groups in total. The zero-order valence-corrected chi connectivity index (χ0v) is 18.0. The summed E-state index contributed by atoms with van der Waals surface area (Å²) in [5.41, 5.74) is 4.41. The summed E-state index contributed by atoms with van der Waals surface area (Å²) in [5.74, 6) is 1.54. The van der Waals surface area contributed by atoms with Gasteiger partial charge in [0.25, 0.3) is 0 Å². The lowest BCUT2D eigenvalue weighted by Gasteiger charge is -2.19. The van der Waals surface area contributed by atoms with Crippen molar-refractivity contribution in [3.8, 4) is 17.2 Å². The molecule has 1 aliphatic rings. The van der Waals surface area contributed by atoms with Crippen molar-refractivity contribution in [2.24, 2.45) is 0 Å². The van der Waals surface area contributed by atoms with Crippen molar-refractivity contribution >= 4 is 23.4 Å². The molecule has 3 aromatic rings. The SMILES string of the molecule is CCc1cccc(CC)c1-n1ccnc1SCC(=O)Nc1ccc2c(c1)OCCO2. The zero-order chi connectivity index (χ0) is 20.9. The van der Waals surface area contributed by atoms with E-state index in [9.17, 15) is 4.79 Å². The van der Waals surface area contributed by atoms with Crippen molar-refractivity contribution < 1.29 is 14.3 Å². The van der Waals surface area contributed by atoms with E-state index in [1.54, 1.807) is 12.3 Å². The summed E-state index contributed by atoms with van der Waals surface area (Å²) in [5, 5.41) is 3.73. The van der Waals surface area contributed by atoms with Crippen LogP contribution in [-0.4, -0.2) is 34.4 Å². The van der Waals surface area contributed by atoms with Gasteiger partial charge in [-0.3, -0.25) is 9.36 Å². The predicted molar refractivity (Wildman–Crippen MR) is 119 cm³/mol. The molecule has 7 heteroatoms. The standard InChI is InChI=1S/C23H25N3O3S/c1-3-16-6-5-7-17(4-2)22(16)26-11-10-24-23(26)30-15-21(27)25-18-8-9-19-20(14-18)29-13-12-28-19/h5-11,14H,3-4,12-13,15H2,1-2H3,(H,25,27). The summed E-state index contributed by atoms with van der Waals surface area (Å²) in [6, 6.07) is 11.8. The van der Waals surface area contributed by atoms with Gasteiger partial charge < -0.3 is 14.8 Å². The molecule has 2 heterocycles. The van der Waals surface area contributed by atoms with Crippen LogP contribution in [0.3, 0.4) is 0 Å². The number of nitrogens with zero attached hydrogens (tertiary/aromatic N) is 2. The third-order valence-electron chi connectivity index (χ3n) is 4.97. The van der Waals surface area contributed by atoms with Gasteiger partial charge in [-0.15, -0.1) is 0 Å². The Balaban J connectivity index is 1.46. The van der Waals surface area contributed by atoms with Crippen LogP contribution >= 0.6 is 11.8 Å². The zero-order valence-electron chi connectivity index (χ0n) is 17.2. The number of carbonyl (C=O) groups excluding carboxylic acids is 1. The number of ether oxygens (including phenoxy) is 2. The van der Waals surface area contributed by atoms with Crippen LogP contribution in [0.2, 0.25) is 0 Å². The van der Waals surface area contributed by atoms with Gasteiger partial charge in [-0.05, 0) is 36.1 Å². The Morgan fingerprint density at radius 1 is 1.10 bits per heavy atom. The number of carbonyl (C=O) groups is 1. The van der Waals surface area contributed by atoms with Crippen LogP contribution in [0.4, 0.5) is 5.69 Å². The molecule has 1 aromatic heterocycles. The highest BCUT2D eigenvalue weighted by atomic mass is 32.2. The first-order chi connectivity index (χ1) is 14.7. The molecule has 6 nitrogen and oxygen atoms in total. The minimum absolute atomic E-state index is 0.0919. The topological polar surface area (TPSA) is 65.4 Å². The molecule has 1 amide bonds. The predicted octanol–water partition coefficient (Wildman–Crippen LogP) is 4.50. The molecule has 0 unspecified atom stereocenters. The van der Waals surface area contributed by atoms with Crippen LogP contribution in [0.25, 0.3) is 5.69 Å². The van der Waals surface area contributed by atoms with Crippen LogP contribution in [0.1, 0.15) is 25.0 Å². The third kappa shape index (κ3) is 4.31. The molecule has 0 radical (unpaired) electrons.